The van der Waals surface area contributed by atoms with Gasteiger partial charge >= 0.3 is 6.09 Å². The Kier molecular flexibility index (Phi) is 8.71. The van der Waals surface area contributed by atoms with E-state index in [-0.39, 0.29) is 25.5 Å². The monoisotopic (exact) mass is 277 g/mol. The third-order valence-corrected chi connectivity index (χ3v) is 2.39. The van der Waals surface area contributed by atoms with Crippen LogP contribution in [0.25, 0.3) is 0 Å². The molecule has 0 heterocycles. The molecule has 6 nitrogen and oxygen atoms in total. The van der Waals surface area contributed by atoms with Crippen molar-refractivity contribution in [1.82, 2.24) is 5.32 Å². The Morgan fingerprint density at radius 1 is 1.37 bits per heavy atom. The van der Waals surface area contributed by atoms with E-state index >= 15 is 0 Å². The number of hydrogen-bond donors (Lipinski definition) is 2. The summed E-state index contributed by atoms with van der Waals surface area (Å²) in [7, 11) is 1.54. The van der Waals surface area contributed by atoms with Crippen LogP contribution in [0.1, 0.15) is 40.5 Å². The molecule has 19 heavy (non-hydrogen) atoms. The summed E-state index contributed by atoms with van der Waals surface area (Å²) in [4.78, 5) is 11.7. The molecule has 2 N–H and O–H groups in total. The Morgan fingerprint density at radius 3 is 2.42 bits per heavy atom. The molecule has 0 spiro atoms. The number of carbonyl (C=O) groups excluding carboxylic acids is 1. The molecule has 6 heteroatoms. The molecule has 2 atom stereocenters. The molecule has 0 saturated heterocycles. The van der Waals surface area contributed by atoms with Gasteiger partial charge in [-0.25, -0.2) is 4.79 Å². The summed E-state index contributed by atoms with van der Waals surface area (Å²) < 4.78 is 15.5. The molecule has 114 valence electrons. The Hall–Kier alpha value is -0.850. The van der Waals surface area contributed by atoms with Gasteiger partial charge in [-0.05, 0) is 33.6 Å². The number of rotatable bonds is 8. The van der Waals surface area contributed by atoms with Crippen molar-refractivity contribution in [3.63, 3.8) is 0 Å². The number of methoxy groups -OCH3 is 1. The van der Waals surface area contributed by atoms with E-state index in [1.165, 1.54) is 7.11 Å². The van der Waals surface area contributed by atoms with Gasteiger partial charge in [0.15, 0.2) is 0 Å². The maximum atomic E-state index is 11.7. The summed E-state index contributed by atoms with van der Waals surface area (Å²) in [5, 5.41) is 11.8. The lowest BCUT2D eigenvalue weighted by Gasteiger charge is -2.28. The van der Waals surface area contributed by atoms with E-state index in [1.807, 2.05) is 6.92 Å². The van der Waals surface area contributed by atoms with Crippen LogP contribution in [0.2, 0.25) is 0 Å². The lowest BCUT2D eigenvalue weighted by Crippen LogP contribution is -2.46. The second-order valence-electron chi connectivity index (χ2n) is 5.28. The summed E-state index contributed by atoms with van der Waals surface area (Å²) in [6, 6.07) is -0.306. The zero-order valence-corrected chi connectivity index (χ0v) is 12.6. The number of alkyl carbamates (subject to hydrolysis) is 1. The molecule has 0 aromatic heterocycles. The fraction of sp³-hybridized carbons (Fsp3) is 0.923. The molecule has 0 saturated carbocycles. The van der Waals surface area contributed by atoms with Gasteiger partial charge in [-0.3, -0.25) is 0 Å². The van der Waals surface area contributed by atoms with Crippen molar-refractivity contribution in [2.45, 2.75) is 58.3 Å². The third kappa shape index (κ3) is 8.80. The number of amides is 1. The Balaban J connectivity index is 4.48. The smallest absolute Gasteiger partial charge is 0.407 e. The number of hydrogen-bond acceptors (Lipinski definition) is 5. The highest BCUT2D eigenvalue weighted by Crippen LogP contribution is 2.11. The van der Waals surface area contributed by atoms with Gasteiger partial charge in [0.25, 0.3) is 0 Å². The number of aliphatic hydroxyl groups is 1. The van der Waals surface area contributed by atoms with E-state index in [2.05, 4.69) is 5.32 Å². The molecule has 0 rings (SSSR count). The Morgan fingerprint density at radius 2 is 2.00 bits per heavy atom. The van der Waals surface area contributed by atoms with Crippen LogP contribution in [-0.2, 0) is 14.2 Å². The van der Waals surface area contributed by atoms with Gasteiger partial charge in [-0.2, -0.15) is 0 Å². The fourth-order valence-corrected chi connectivity index (χ4v) is 1.62. The highest BCUT2D eigenvalue weighted by atomic mass is 16.7. The van der Waals surface area contributed by atoms with Gasteiger partial charge in [0.05, 0.1) is 12.1 Å². The number of aliphatic hydroxyl groups excluding tert-OH is 1. The van der Waals surface area contributed by atoms with E-state index in [1.54, 1.807) is 20.8 Å². The molecule has 0 aliphatic carbocycles. The standard InChI is InChI=1S/C13H27NO5/c1-6-11(18-9-17-5)10(7-8-15)14-12(16)19-13(2,3)4/h10-11,15H,6-9H2,1-5H3,(H,14,16)/t10-,11+/m1/s1. The fourth-order valence-electron chi connectivity index (χ4n) is 1.62. The van der Waals surface area contributed by atoms with Crippen molar-refractivity contribution in [1.29, 1.82) is 0 Å². The van der Waals surface area contributed by atoms with E-state index < -0.39 is 11.7 Å². The predicted octanol–water partition coefficient (Wildman–Crippen LogP) is 1.66. The van der Waals surface area contributed by atoms with E-state index in [0.29, 0.717) is 12.8 Å². The van der Waals surface area contributed by atoms with Crippen molar-refractivity contribution < 1.29 is 24.1 Å². The minimum Gasteiger partial charge on any atom is -0.444 e. The quantitative estimate of drug-likeness (QED) is 0.660. The SMILES string of the molecule is CC[C@H](OCOC)[C@@H](CCO)NC(=O)OC(C)(C)C. The van der Waals surface area contributed by atoms with Crippen LogP contribution < -0.4 is 5.32 Å². The second kappa shape index (κ2) is 9.12. The van der Waals surface area contributed by atoms with E-state index in [0.717, 1.165) is 0 Å². The highest BCUT2D eigenvalue weighted by molar-refractivity contribution is 5.68. The van der Waals surface area contributed by atoms with Crippen LogP contribution in [-0.4, -0.2) is 49.5 Å². The van der Waals surface area contributed by atoms with E-state index in [4.69, 9.17) is 19.3 Å². The minimum atomic E-state index is -0.553. The second-order valence-corrected chi connectivity index (χ2v) is 5.28. The van der Waals surface area contributed by atoms with Crippen LogP contribution in [0.5, 0.6) is 0 Å². The zero-order chi connectivity index (χ0) is 14.9. The number of ether oxygens (including phenoxy) is 3. The average Bonchev–Trinajstić information content (AvgIpc) is 2.27. The predicted molar refractivity (Wildman–Crippen MR) is 71.9 cm³/mol. The van der Waals surface area contributed by atoms with Gasteiger partial charge in [0, 0.05) is 13.7 Å². The normalized spacial score (nSPS) is 14.8. The first-order valence-corrected chi connectivity index (χ1v) is 6.55. The maximum absolute atomic E-state index is 11.7. The first kappa shape index (κ1) is 18.1. The lowest BCUT2D eigenvalue weighted by atomic mass is 10.1. The zero-order valence-electron chi connectivity index (χ0n) is 12.6. The van der Waals surface area contributed by atoms with Crippen LogP contribution in [0.3, 0.4) is 0 Å². The van der Waals surface area contributed by atoms with Crippen LogP contribution in [0.15, 0.2) is 0 Å². The molecule has 0 aliphatic heterocycles. The first-order valence-electron chi connectivity index (χ1n) is 6.55. The molecule has 0 radical (unpaired) electrons. The molecule has 0 aliphatic rings. The van der Waals surface area contributed by atoms with Crippen LogP contribution >= 0.6 is 0 Å². The van der Waals surface area contributed by atoms with Gasteiger partial charge in [-0.15, -0.1) is 0 Å². The van der Waals surface area contributed by atoms with Gasteiger partial charge < -0.3 is 24.6 Å². The molecule has 0 unspecified atom stereocenters. The number of carbonyl (C=O) groups is 1. The van der Waals surface area contributed by atoms with Crippen molar-refractivity contribution in [3.05, 3.63) is 0 Å². The largest absolute Gasteiger partial charge is 0.444 e. The molecule has 1 amide bonds. The van der Waals surface area contributed by atoms with Gasteiger partial charge in [-0.1, -0.05) is 6.92 Å². The molecular weight excluding hydrogens is 250 g/mol. The van der Waals surface area contributed by atoms with Gasteiger partial charge in [0.2, 0.25) is 0 Å². The van der Waals surface area contributed by atoms with E-state index in [9.17, 15) is 4.79 Å². The topological polar surface area (TPSA) is 77.0 Å². The average molecular weight is 277 g/mol. The number of nitrogens with one attached hydrogen (secondary N) is 1. The minimum absolute atomic E-state index is 0.0344. The molecular formula is C13H27NO5. The van der Waals surface area contributed by atoms with Crippen molar-refractivity contribution in [2.24, 2.45) is 0 Å². The summed E-state index contributed by atoms with van der Waals surface area (Å²) in [5.74, 6) is 0. The lowest BCUT2D eigenvalue weighted by molar-refractivity contribution is -0.0864. The van der Waals surface area contributed by atoms with Crippen LogP contribution in [0, 0.1) is 0 Å². The molecule has 0 fully saturated rings. The first-order chi connectivity index (χ1) is 8.84. The van der Waals surface area contributed by atoms with Crippen molar-refractivity contribution in [3.8, 4) is 0 Å². The highest BCUT2D eigenvalue weighted by Gasteiger charge is 2.25. The maximum Gasteiger partial charge on any atom is 0.407 e. The Labute approximate surface area is 115 Å². The van der Waals surface area contributed by atoms with Crippen molar-refractivity contribution >= 4 is 6.09 Å². The van der Waals surface area contributed by atoms with Crippen molar-refractivity contribution in [2.75, 3.05) is 20.5 Å². The summed E-state index contributed by atoms with van der Waals surface area (Å²) in [5.41, 5.74) is -0.553. The van der Waals surface area contributed by atoms with Gasteiger partial charge in [0.1, 0.15) is 12.4 Å². The molecule has 0 bridgehead atoms. The third-order valence-electron chi connectivity index (χ3n) is 2.39. The van der Waals surface area contributed by atoms with Crippen LogP contribution in [0.4, 0.5) is 4.79 Å². The Bertz CT molecular complexity index is 252. The summed E-state index contributed by atoms with van der Waals surface area (Å²) in [6.07, 6.45) is 0.371. The molecule has 0 aromatic rings. The summed E-state index contributed by atoms with van der Waals surface area (Å²) in [6.45, 7) is 7.45. The summed E-state index contributed by atoms with van der Waals surface area (Å²) >= 11 is 0. The molecule has 0 aromatic carbocycles.